The Morgan fingerprint density at radius 3 is 2.43 bits per heavy atom. The summed E-state index contributed by atoms with van der Waals surface area (Å²) in [4.78, 5) is 27.8. The maximum atomic E-state index is 13.1. The molecule has 1 amide bonds. The van der Waals surface area contributed by atoms with Gasteiger partial charge in [0.05, 0.1) is 5.69 Å². The smallest absolute Gasteiger partial charge is 0.348 e. The Morgan fingerprint density at radius 2 is 1.86 bits per heavy atom. The fourth-order valence-corrected chi connectivity index (χ4v) is 5.75. The van der Waals surface area contributed by atoms with E-state index in [-0.39, 0.29) is 22.7 Å². The molecule has 2 heterocycles. The molecule has 1 aliphatic heterocycles. The minimum atomic E-state index is -1.02. The second kappa shape index (κ2) is 9.01. The number of rotatable bonds is 6. The lowest BCUT2D eigenvalue weighted by molar-refractivity contribution is -0.119. The molecule has 2 aromatic rings. The summed E-state index contributed by atoms with van der Waals surface area (Å²) >= 11 is 1.20. The fraction of sp³-hybridized carbons (Fsp3) is 0.429. The zero-order valence-electron chi connectivity index (χ0n) is 16.1. The van der Waals surface area contributed by atoms with Gasteiger partial charge in [-0.3, -0.25) is 9.00 Å². The van der Waals surface area contributed by atoms with E-state index < -0.39 is 16.8 Å². The minimum Gasteiger partial charge on any atom is -0.477 e. The summed E-state index contributed by atoms with van der Waals surface area (Å²) in [5.41, 5.74) is 1.40. The van der Waals surface area contributed by atoms with Crippen LogP contribution < -0.4 is 4.90 Å². The van der Waals surface area contributed by atoms with Gasteiger partial charge in [0.25, 0.3) is 0 Å². The lowest BCUT2D eigenvalue weighted by Crippen LogP contribution is -2.45. The lowest BCUT2D eigenvalue weighted by atomic mass is 10.0. The molecule has 1 aromatic carbocycles. The Kier molecular flexibility index (Phi) is 6.67. The van der Waals surface area contributed by atoms with Crippen molar-refractivity contribution in [2.24, 2.45) is 5.92 Å². The number of hydrogen-bond acceptors (Lipinski definition) is 4. The number of aromatic carboxylic acids is 1. The highest BCUT2D eigenvalue weighted by atomic mass is 32.2. The van der Waals surface area contributed by atoms with E-state index in [1.807, 2.05) is 50.2 Å². The molecule has 0 spiro atoms. The number of carboxylic acid groups (broad SMARTS) is 1. The maximum absolute atomic E-state index is 13.1. The highest BCUT2D eigenvalue weighted by Gasteiger charge is 2.33. The maximum Gasteiger partial charge on any atom is 0.348 e. The van der Waals surface area contributed by atoms with Crippen LogP contribution in [0, 0.1) is 5.92 Å². The van der Waals surface area contributed by atoms with Crippen molar-refractivity contribution in [3.8, 4) is 10.4 Å². The van der Waals surface area contributed by atoms with Gasteiger partial charge >= 0.3 is 5.97 Å². The first-order valence-corrected chi connectivity index (χ1v) is 11.8. The van der Waals surface area contributed by atoms with E-state index in [2.05, 4.69) is 0 Å². The molecule has 1 aromatic heterocycles. The third kappa shape index (κ3) is 4.70. The van der Waals surface area contributed by atoms with Crippen molar-refractivity contribution in [1.82, 2.24) is 0 Å². The number of carboxylic acids is 1. The van der Waals surface area contributed by atoms with Crippen LogP contribution in [0.3, 0.4) is 0 Å². The van der Waals surface area contributed by atoms with Gasteiger partial charge in [-0.2, -0.15) is 0 Å². The Morgan fingerprint density at radius 1 is 1.21 bits per heavy atom. The summed E-state index contributed by atoms with van der Waals surface area (Å²) in [5, 5.41) is 9.80. The second-order valence-electron chi connectivity index (χ2n) is 7.44. The van der Waals surface area contributed by atoms with E-state index >= 15 is 0 Å². The van der Waals surface area contributed by atoms with Gasteiger partial charge < -0.3 is 10.0 Å². The largest absolute Gasteiger partial charge is 0.477 e. The molecule has 0 saturated carbocycles. The predicted molar refractivity (Wildman–Crippen MR) is 115 cm³/mol. The third-order valence-corrected chi connectivity index (χ3v) is 7.34. The molecule has 150 valence electrons. The van der Waals surface area contributed by atoms with Crippen molar-refractivity contribution in [1.29, 1.82) is 0 Å². The fourth-order valence-electron chi connectivity index (χ4n) is 3.48. The first kappa shape index (κ1) is 20.7. The average Bonchev–Trinajstić information content (AvgIpc) is 3.09. The number of nitrogens with zero attached hydrogens (tertiary/aromatic N) is 1. The van der Waals surface area contributed by atoms with Gasteiger partial charge in [-0.1, -0.05) is 44.2 Å². The highest BCUT2D eigenvalue weighted by Crippen LogP contribution is 2.39. The first-order valence-electron chi connectivity index (χ1n) is 9.46. The summed E-state index contributed by atoms with van der Waals surface area (Å²) in [7, 11) is -0.848. The van der Waals surface area contributed by atoms with Crippen LogP contribution in [0.2, 0.25) is 0 Å². The average molecular weight is 420 g/mol. The SMILES string of the molecule is CC(C)CC(=O)N(c1cc(-c2ccccc2)sc1C(=O)O)C1CCS(=O)CC1. The van der Waals surface area contributed by atoms with Gasteiger partial charge in [-0.05, 0) is 30.4 Å². The van der Waals surface area contributed by atoms with Crippen molar-refractivity contribution >= 4 is 39.7 Å². The molecule has 1 N–H and O–H groups in total. The van der Waals surface area contributed by atoms with Gasteiger partial charge in [0.15, 0.2) is 0 Å². The van der Waals surface area contributed by atoms with E-state index in [0.717, 1.165) is 10.4 Å². The van der Waals surface area contributed by atoms with Gasteiger partial charge in [0.1, 0.15) is 4.88 Å². The zero-order valence-corrected chi connectivity index (χ0v) is 17.7. The van der Waals surface area contributed by atoms with Gasteiger partial charge in [0.2, 0.25) is 5.91 Å². The molecule has 0 aliphatic carbocycles. The van der Waals surface area contributed by atoms with Gasteiger partial charge in [-0.25, -0.2) is 4.79 Å². The van der Waals surface area contributed by atoms with E-state index in [1.165, 1.54) is 11.3 Å². The van der Waals surface area contributed by atoms with Crippen LogP contribution >= 0.6 is 11.3 Å². The monoisotopic (exact) mass is 419 g/mol. The van der Waals surface area contributed by atoms with Crippen LogP contribution in [-0.2, 0) is 15.6 Å². The molecule has 1 aliphatic rings. The summed E-state index contributed by atoms with van der Waals surface area (Å²) in [6, 6.07) is 11.3. The van der Waals surface area contributed by atoms with E-state index in [0.29, 0.717) is 36.5 Å². The van der Waals surface area contributed by atoms with Gasteiger partial charge in [0, 0.05) is 39.6 Å². The number of amides is 1. The molecule has 7 heteroatoms. The number of carbonyl (C=O) groups excluding carboxylic acids is 1. The van der Waals surface area contributed by atoms with Crippen LogP contribution in [0.25, 0.3) is 10.4 Å². The number of hydrogen-bond donors (Lipinski definition) is 1. The second-order valence-corrected chi connectivity index (χ2v) is 10.2. The molecule has 0 bridgehead atoms. The normalized spacial score (nSPS) is 19.5. The molecule has 28 heavy (non-hydrogen) atoms. The van der Waals surface area contributed by atoms with Crippen LogP contribution in [0.15, 0.2) is 36.4 Å². The Balaban J connectivity index is 2.05. The summed E-state index contributed by atoms with van der Waals surface area (Å²) < 4.78 is 11.8. The Bertz CT molecular complexity index is 866. The molecule has 3 rings (SSSR count). The van der Waals surface area contributed by atoms with Crippen molar-refractivity contribution in [2.75, 3.05) is 16.4 Å². The summed E-state index contributed by atoms with van der Waals surface area (Å²) in [5.74, 6) is 0.187. The minimum absolute atomic E-state index is 0.0624. The van der Waals surface area contributed by atoms with E-state index in [4.69, 9.17) is 0 Å². The Labute approximate surface area is 171 Å². The molecule has 5 nitrogen and oxygen atoms in total. The van der Waals surface area contributed by atoms with E-state index in [1.54, 1.807) is 4.90 Å². The van der Waals surface area contributed by atoms with Crippen LogP contribution in [0.1, 0.15) is 42.8 Å². The number of anilines is 1. The summed E-state index contributed by atoms with van der Waals surface area (Å²) in [6.07, 6.45) is 1.62. The van der Waals surface area contributed by atoms with Crippen molar-refractivity contribution in [3.63, 3.8) is 0 Å². The lowest BCUT2D eigenvalue weighted by Gasteiger charge is -2.34. The summed E-state index contributed by atoms with van der Waals surface area (Å²) in [6.45, 7) is 3.96. The Hall–Kier alpha value is -1.99. The number of benzene rings is 1. The topological polar surface area (TPSA) is 74.7 Å². The highest BCUT2D eigenvalue weighted by molar-refractivity contribution is 7.85. The van der Waals surface area contributed by atoms with Gasteiger partial charge in [-0.15, -0.1) is 11.3 Å². The molecular weight excluding hydrogens is 394 g/mol. The van der Waals surface area contributed by atoms with E-state index in [9.17, 15) is 18.9 Å². The molecule has 1 saturated heterocycles. The van der Waals surface area contributed by atoms with Crippen LogP contribution in [0.4, 0.5) is 5.69 Å². The standard InChI is InChI=1S/C21H25NO4S2/c1-14(2)12-19(23)22(16-8-10-28(26)11-9-16)17-13-18(27-20(17)21(24)25)15-6-4-3-5-7-15/h3-7,13-14,16H,8-12H2,1-2H3,(H,24,25). The quantitative estimate of drug-likeness (QED) is 0.753. The van der Waals surface area contributed by atoms with Crippen LogP contribution in [0.5, 0.6) is 0 Å². The molecule has 0 unspecified atom stereocenters. The van der Waals surface area contributed by atoms with Crippen molar-refractivity contribution in [3.05, 3.63) is 41.3 Å². The first-order chi connectivity index (χ1) is 13.4. The molecule has 1 fully saturated rings. The zero-order chi connectivity index (χ0) is 20.3. The molecular formula is C21H25NO4S2. The predicted octanol–water partition coefficient (Wildman–Crippen LogP) is 4.40. The van der Waals surface area contributed by atoms with Crippen LogP contribution in [-0.4, -0.2) is 38.7 Å². The number of carbonyl (C=O) groups is 2. The molecule has 0 atom stereocenters. The third-order valence-electron chi connectivity index (χ3n) is 4.80. The van der Waals surface area contributed by atoms with Crippen molar-refractivity contribution in [2.45, 2.75) is 39.2 Å². The molecule has 0 radical (unpaired) electrons. The van der Waals surface area contributed by atoms with Crippen molar-refractivity contribution < 1.29 is 18.9 Å². The number of thiophene rings is 1.